The fraction of sp³-hybridized carbons (Fsp3) is 0.0741. The number of halogens is 1. The second-order valence-corrected chi connectivity index (χ2v) is 9.71. The molecule has 10 heteroatoms. The number of H-pyrrole nitrogens is 1. The molecule has 0 aliphatic rings. The van der Waals surface area contributed by atoms with Gasteiger partial charge in [-0.2, -0.15) is 10.2 Å². The van der Waals surface area contributed by atoms with Gasteiger partial charge in [-0.25, -0.2) is 9.78 Å². The highest BCUT2D eigenvalue weighted by atomic mass is 35.5. The lowest BCUT2D eigenvalue weighted by Crippen LogP contribution is -2.11. The number of benzene rings is 3. The third kappa shape index (κ3) is 4.32. The van der Waals surface area contributed by atoms with Gasteiger partial charge in [-0.15, -0.1) is 10.2 Å². The summed E-state index contributed by atoms with van der Waals surface area (Å²) in [7, 11) is 0. The van der Waals surface area contributed by atoms with Gasteiger partial charge in [-0.05, 0) is 37.3 Å². The molecule has 0 fully saturated rings. The molecule has 0 bridgehead atoms. The largest absolute Gasteiger partial charge is 0.292 e. The molecule has 8 nitrogen and oxygen atoms in total. The monoisotopic (exact) mass is 525 g/mol. The fourth-order valence-corrected chi connectivity index (χ4v) is 5.36. The van der Waals surface area contributed by atoms with Crippen molar-refractivity contribution in [3.8, 4) is 22.8 Å². The van der Waals surface area contributed by atoms with E-state index in [-0.39, 0.29) is 5.56 Å². The molecule has 0 spiro atoms. The lowest BCUT2D eigenvalue weighted by atomic mass is 10.2. The molecule has 6 aromatic rings. The number of hydrogen-bond donors (Lipinski definition) is 1. The number of aromatic nitrogens is 7. The van der Waals surface area contributed by atoms with Gasteiger partial charge in [0.05, 0.1) is 22.5 Å². The van der Waals surface area contributed by atoms with Gasteiger partial charge in [0.15, 0.2) is 16.5 Å². The number of aryl methyl sites for hydroxylation is 1. The molecular formula is C27H20ClN7OS. The van der Waals surface area contributed by atoms with E-state index < -0.39 is 0 Å². The molecule has 0 saturated carbocycles. The van der Waals surface area contributed by atoms with E-state index in [1.165, 1.54) is 11.8 Å². The number of aromatic amines is 1. The standard InChI is InChI=1S/C27H20ClN7OS/c1-17-23-22(29-31-26(36)24(23)33-35(17)21-14-8-11-19(28)15-21)16-37-27-32-30-25(18-9-4-2-5-10-18)34(27)20-12-6-3-7-13-20/h2-15H,16H2,1H3,(H,31,36). The highest BCUT2D eigenvalue weighted by molar-refractivity contribution is 7.98. The van der Waals surface area contributed by atoms with Crippen molar-refractivity contribution in [2.75, 3.05) is 0 Å². The minimum Gasteiger partial charge on any atom is -0.270 e. The summed E-state index contributed by atoms with van der Waals surface area (Å²) in [6, 6.07) is 27.3. The number of rotatable bonds is 6. The third-order valence-corrected chi connectivity index (χ3v) is 7.16. The summed E-state index contributed by atoms with van der Waals surface area (Å²) in [5.41, 5.74) is 4.20. The molecule has 0 aliphatic carbocycles. The zero-order chi connectivity index (χ0) is 25.4. The Morgan fingerprint density at radius 2 is 1.65 bits per heavy atom. The van der Waals surface area contributed by atoms with Crippen molar-refractivity contribution in [1.82, 2.24) is 34.7 Å². The van der Waals surface area contributed by atoms with E-state index in [2.05, 4.69) is 25.5 Å². The molecule has 0 amide bonds. The molecule has 3 aromatic carbocycles. The molecule has 3 aromatic heterocycles. The van der Waals surface area contributed by atoms with Crippen LogP contribution in [0.15, 0.2) is 94.9 Å². The smallest absolute Gasteiger partial charge is 0.270 e. The van der Waals surface area contributed by atoms with Crippen molar-refractivity contribution in [2.24, 2.45) is 0 Å². The Balaban J connectivity index is 1.41. The first kappa shape index (κ1) is 23.2. The van der Waals surface area contributed by atoms with Crippen LogP contribution in [0.1, 0.15) is 11.4 Å². The van der Waals surface area contributed by atoms with Crippen LogP contribution < -0.4 is 5.56 Å². The topological polar surface area (TPSA) is 94.3 Å². The molecule has 0 unspecified atom stereocenters. The molecule has 3 heterocycles. The second kappa shape index (κ2) is 9.68. The van der Waals surface area contributed by atoms with Gasteiger partial charge < -0.3 is 0 Å². The highest BCUT2D eigenvalue weighted by Crippen LogP contribution is 2.31. The quantitative estimate of drug-likeness (QED) is 0.284. The van der Waals surface area contributed by atoms with Crippen LogP contribution in [0.4, 0.5) is 0 Å². The summed E-state index contributed by atoms with van der Waals surface area (Å²) in [6.45, 7) is 1.92. The van der Waals surface area contributed by atoms with Gasteiger partial charge in [0.2, 0.25) is 0 Å². The number of nitrogens with zero attached hydrogens (tertiary/aromatic N) is 6. The predicted octanol–water partition coefficient (Wildman–Crippen LogP) is 5.61. The average Bonchev–Trinajstić information content (AvgIpc) is 3.51. The molecule has 6 rings (SSSR count). The maximum absolute atomic E-state index is 12.6. The zero-order valence-electron chi connectivity index (χ0n) is 19.7. The van der Waals surface area contributed by atoms with Crippen LogP contribution in [0.2, 0.25) is 5.02 Å². The maximum Gasteiger partial charge on any atom is 0.292 e. The number of fused-ring (bicyclic) bond motifs is 1. The van der Waals surface area contributed by atoms with Crippen LogP contribution in [0.5, 0.6) is 0 Å². The average molecular weight is 526 g/mol. The SMILES string of the molecule is Cc1c2c(CSc3nnc(-c4ccccc4)n3-c3ccccc3)n[nH]c(=O)c2nn1-c1cccc(Cl)c1. The third-order valence-electron chi connectivity index (χ3n) is 5.98. The molecule has 182 valence electrons. The van der Waals surface area contributed by atoms with Crippen molar-refractivity contribution in [3.63, 3.8) is 0 Å². The Morgan fingerprint density at radius 3 is 2.41 bits per heavy atom. The first-order valence-corrected chi connectivity index (χ1v) is 12.9. The maximum atomic E-state index is 12.6. The van der Waals surface area contributed by atoms with Crippen molar-refractivity contribution in [3.05, 3.63) is 112 Å². The van der Waals surface area contributed by atoms with Crippen LogP contribution in [0, 0.1) is 6.92 Å². The summed E-state index contributed by atoms with van der Waals surface area (Å²) in [5, 5.41) is 22.6. The van der Waals surface area contributed by atoms with Gasteiger partial charge in [0, 0.05) is 22.0 Å². The zero-order valence-corrected chi connectivity index (χ0v) is 21.2. The Labute approximate surface area is 221 Å². The van der Waals surface area contributed by atoms with Crippen LogP contribution >= 0.6 is 23.4 Å². The molecular weight excluding hydrogens is 506 g/mol. The van der Waals surface area contributed by atoms with Crippen LogP contribution in [0.25, 0.3) is 33.7 Å². The minimum absolute atomic E-state index is 0.331. The van der Waals surface area contributed by atoms with Crippen molar-refractivity contribution in [2.45, 2.75) is 17.8 Å². The summed E-state index contributed by atoms with van der Waals surface area (Å²) >= 11 is 7.69. The van der Waals surface area contributed by atoms with E-state index in [1.807, 2.05) is 90.4 Å². The molecule has 0 radical (unpaired) electrons. The van der Waals surface area contributed by atoms with Crippen molar-refractivity contribution < 1.29 is 0 Å². The normalized spacial score (nSPS) is 11.3. The Kier molecular flexibility index (Phi) is 6.07. The summed E-state index contributed by atoms with van der Waals surface area (Å²) in [6.07, 6.45) is 0. The summed E-state index contributed by atoms with van der Waals surface area (Å²) in [5.74, 6) is 1.20. The van der Waals surface area contributed by atoms with Crippen LogP contribution in [-0.2, 0) is 5.75 Å². The van der Waals surface area contributed by atoms with Crippen molar-refractivity contribution in [1.29, 1.82) is 0 Å². The number of para-hydroxylation sites is 1. The van der Waals surface area contributed by atoms with Gasteiger partial charge in [0.1, 0.15) is 0 Å². The second-order valence-electron chi connectivity index (χ2n) is 8.33. The van der Waals surface area contributed by atoms with Gasteiger partial charge in [-0.1, -0.05) is 78.0 Å². The molecule has 0 aliphatic heterocycles. The first-order chi connectivity index (χ1) is 18.1. The predicted molar refractivity (Wildman–Crippen MR) is 146 cm³/mol. The van der Waals surface area contributed by atoms with Crippen molar-refractivity contribution >= 4 is 34.3 Å². The van der Waals surface area contributed by atoms with Gasteiger partial charge >= 0.3 is 0 Å². The summed E-state index contributed by atoms with van der Waals surface area (Å²) < 4.78 is 3.76. The number of thioether (sulfide) groups is 1. The van der Waals surface area contributed by atoms with E-state index in [0.29, 0.717) is 32.5 Å². The molecule has 0 atom stereocenters. The van der Waals surface area contributed by atoms with Gasteiger partial charge in [0.25, 0.3) is 5.56 Å². The number of hydrogen-bond acceptors (Lipinski definition) is 6. The molecule has 37 heavy (non-hydrogen) atoms. The number of nitrogens with one attached hydrogen (secondary N) is 1. The minimum atomic E-state index is -0.341. The van der Waals surface area contributed by atoms with E-state index >= 15 is 0 Å². The van der Waals surface area contributed by atoms with Gasteiger partial charge in [-0.3, -0.25) is 9.36 Å². The van der Waals surface area contributed by atoms with E-state index in [1.54, 1.807) is 10.7 Å². The lowest BCUT2D eigenvalue weighted by molar-refractivity contribution is 0.858. The fourth-order valence-electron chi connectivity index (χ4n) is 4.28. The first-order valence-electron chi connectivity index (χ1n) is 11.5. The Hall–Kier alpha value is -4.21. The van der Waals surface area contributed by atoms with E-state index in [9.17, 15) is 4.79 Å². The molecule has 0 saturated heterocycles. The van der Waals surface area contributed by atoms with Crippen LogP contribution in [0.3, 0.4) is 0 Å². The van der Waals surface area contributed by atoms with Crippen LogP contribution in [-0.4, -0.2) is 34.7 Å². The highest BCUT2D eigenvalue weighted by Gasteiger charge is 2.20. The van der Waals surface area contributed by atoms with E-state index in [0.717, 1.165) is 28.5 Å². The molecule has 1 N–H and O–H groups in total. The Morgan fingerprint density at radius 1 is 0.919 bits per heavy atom. The van der Waals surface area contributed by atoms with E-state index in [4.69, 9.17) is 11.6 Å². The Bertz CT molecular complexity index is 1780. The lowest BCUT2D eigenvalue weighted by Gasteiger charge is -2.10. The summed E-state index contributed by atoms with van der Waals surface area (Å²) in [4.78, 5) is 12.6.